The van der Waals surface area contributed by atoms with Gasteiger partial charge in [0.1, 0.15) is 16.7 Å². The van der Waals surface area contributed by atoms with E-state index in [0.29, 0.717) is 55.5 Å². The number of piperidine rings is 1. The molecule has 0 saturated carbocycles. The lowest BCUT2D eigenvalue weighted by atomic mass is 9.78. The topological polar surface area (TPSA) is 125 Å². The Morgan fingerprint density at radius 3 is 2.71 bits per heavy atom. The molecular weight excluding hydrogens is 532 g/mol. The minimum absolute atomic E-state index is 0.0851. The molecule has 1 amide bonds. The number of allylic oxidation sites excluding steroid dienone is 3. The van der Waals surface area contributed by atoms with Gasteiger partial charge in [0, 0.05) is 50.7 Å². The lowest BCUT2D eigenvalue weighted by Crippen LogP contribution is -2.38. The number of hydrogen-bond donors (Lipinski definition) is 2. The van der Waals surface area contributed by atoms with Gasteiger partial charge in [-0.2, -0.15) is 0 Å². The number of amides is 1. The molecule has 0 spiro atoms. The summed E-state index contributed by atoms with van der Waals surface area (Å²) in [4.78, 5) is 48.9. The van der Waals surface area contributed by atoms with Crippen molar-refractivity contribution in [3.05, 3.63) is 60.6 Å². The van der Waals surface area contributed by atoms with Gasteiger partial charge in [0.2, 0.25) is 11.9 Å². The van der Waals surface area contributed by atoms with Crippen LogP contribution in [0.15, 0.2) is 54.9 Å². The number of ether oxygens (including phenoxy) is 1. The van der Waals surface area contributed by atoms with E-state index in [1.54, 1.807) is 17.3 Å². The van der Waals surface area contributed by atoms with E-state index in [0.717, 1.165) is 49.4 Å². The molecule has 0 unspecified atom stereocenters. The molecule has 42 heavy (non-hydrogen) atoms. The molecule has 11 nitrogen and oxygen atoms in total. The molecule has 2 saturated heterocycles. The standard InChI is InChI=1S/C31H36N8O3/c1-2-42-29(41)31(12-5-3-6-13-31)24-19-22-20-34-30(37-27(22)28(35-24)38-16-7-4-8-17-38)36-25-10-9-23(21-33-25)39-18-15-32-14-11-26(39)40/h3,5-6,9-10,12,19-21,32H,2,4,7-8,11,13-18H2,1H3,(H,33,34,36,37)/t31-/m0/s1. The summed E-state index contributed by atoms with van der Waals surface area (Å²) in [5, 5.41) is 7.26. The third-order valence-corrected chi connectivity index (χ3v) is 8.00. The van der Waals surface area contributed by atoms with Crippen LogP contribution in [0.3, 0.4) is 0 Å². The molecule has 218 valence electrons. The van der Waals surface area contributed by atoms with Crippen molar-refractivity contribution in [2.24, 2.45) is 0 Å². The summed E-state index contributed by atoms with van der Waals surface area (Å²) in [6.07, 6.45) is 15.4. The fraction of sp³-hybridized carbons (Fsp3) is 0.419. The number of fused-ring (bicyclic) bond motifs is 1. The van der Waals surface area contributed by atoms with E-state index in [2.05, 4.69) is 25.5 Å². The van der Waals surface area contributed by atoms with E-state index in [-0.39, 0.29) is 11.9 Å². The Bertz CT molecular complexity index is 1520. The highest BCUT2D eigenvalue weighted by Gasteiger charge is 2.41. The van der Waals surface area contributed by atoms with Gasteiger partial charge in [0.25, 0.3) is 0 Å². The van der Waals surface area contributed by atoms with Crippen LogP contribution in [0.4, 0.5) is 23.3 Å². The van der Waals surface area contributed by atoms with Crippen LogP contribution in [0.1, 0.15) is 44.7 Å². The van der Waals surface area contributed by atoms with Gasteiger partial charge in [0.05, 0.1) is 24.2 Å². The maximum Gasteiger partial charge on any atom is 0.322 e. The smallest absolute Gasteiger partial charge is 0.322 e. The Morgan fingerprint density at radius 1 is 1.07 bits per heavy atom. The zero-order chi connectivity index (χ0) is 28.9. The third-order valence-electron chi connectivity index (χ3n) is 8.00. The van der Waals surface area contributed by atoms with E-state index in [1.165, 1.54) is 6.42 Å². The fourth-order valence-corrected chi connectivity index (χ4v) is 5.74. The summed E-state index contributed by atoms with van der Waals surface area (Å²) in [7, 11) is 0. The van der Waals surface area contributed by atoms with Crippen LogP contribution in [0.2, 0.25) is 0 Å². The second kappa shape index (κ2) is 12.2. The number of hydrogen-bond acceptors (Lipinski definition) is 10. The van der Waals surface area contributed by atoms with Crippen molar-refractivity contribution < 1.29 is 14.3 Å². The number of pyridine rings is 2. The average Bonchev–Trinajstić information content (AvgIpc) is 3.26. The molecule has 1 aliphatic carbocycles. The monoisotopic (exact) mass is 568 g/mol. The first-order valence-corrected chi connectivity index (χ1v) is 14.8. The molecule has 5 heterocycles. The summed E-state index contributed by atoms with van der Waals surface area (Å²) in [6.45, 7) is 5.90. The number of esters is 1. The van der Waals surface area contributed by atoms with Gasteiger partial charge in [-0.1, -0.05) is 24.3 Å². The van der Waals surface area contributed by atoms with Gasteiger partial charge in [-0.15, -0.1) is 0 Å². The maximum absolute atomic E-state index is 13.3. The van der Waals surface area contributed by atoms with Crippen molar-refractivity contribution in [1.29, 1.82) is 0 Å². The molecule has 3 aliphatic rings. The molecule has 3 aromatic heterocycles. The maximum atomic E-state index is 13.3. The van der Waals surface area contributed by atoms with Gasteiger partial charge in [-0.05, 0) is 50.8 Å². The first-order chi connectivity index (χ1) is 20.6. The van der Waals surface area contributed by atoms with Crippen LogP contribution in [0.5, 0.6) is 0 Å². The number of carbonyl (C=O) groups excluding carboxylic acids is 2. The number of aromatic nitrogens is 4. The van der Waals surface area contributed by atoms with Crippen LogP contribution >= 0.6 is 0 Å². The summed E-state index contributed by atoms with van der Waals surface area (Å²) in [5.41, 5.74) is 1.11. The molecular formula is C31H36N8O3. The quantitative estimate of drug-likeness (QED) is 0.407. The van der Waals surface area contributed by atoms with E-state index < -0.39 is 5.41 Å². The Kier molecular flexibility index (Phi) is 8.09. The number of nitrogens with zero attached hydrogens (tertiary/aromatic N) is 6. The van der Waals surface area contributed by atoms with E-state index >= 15 is 0 Å². The van der Waals surface area contributed by atoms with Gasteiger partial charge >= 0.3 is 5.97 Å². The first kappa shape index (κ1) is 27.8. The average molecular weight is 569 g/mol. The molecule has 0 radical (unpaired) electrons. The Balaban J connectivity index is 1.34. The minimum atomic E-state index is -1.00. The van der Waals surface area contributed by atoms with Crippen LogP contribution in [-0.2, 0) is 19.7 Å². The summed E-state index contributed by atoms with van der Waals surface area (Å²) in [6, 6.07) is 5.62. The van der Waals surface area contributed by atoms with Gasteiger partial charge in [-0.25, -0.2) is 19.9 Å². The Labute approximate surface area is 245 Å². The normalized spacial score (nSPS) is 20.9. The molecule has 2 fully saturated rings. The van der Waals surface area contributed by atoms with Crippen molar-refractivity contribution in [2.75, 3.05) is 54.4 Å². The van der Waals surface area contributed by atoms with Crippen molar-refractivity contribution in [3.8, 4) is 0 Å². The van der Waals surface area contributed by atoms with Gasteiger partial charge in [0.15, 0.2) is 5.82 Å². The molecule has 11 heteroatoms. The van der Waals surface area contributed by atoms with E-state index in [9.17, 15) is 9.59 Å². The second-order valence-corrected chi connectivity index (χ2v) is 10.8. The zero-order valence-electron chi connectivity index (χ0n) is 23.9. The van der Waals surface area contributed by atoms with Crippen molar-refractivity contribution in [1.82, 2.24) is 25.3 Å². The molecule has 2 aliphatic heterocycles. The molecule has 3 aromatic rings. The predicted octanol–water partition coefficient (Wildman–Crippen LogP) is 3.80. The molecule has 1 atom stereocenters. The predicted molar refractivity (Wildman–Crippen MR) is 162 cm³/mol. The summed E-state index contributed by atoms with van der Waals surface area (Å²) in [5.74, 6) is 1.49. The lowest BCUT2D eigenvalue weighted by Gasteiger charge is -2.32. The Hall–Kier alpha value is -4.38. The Morgan fingerprint density at radius 2 is 1.95 bits per heavy atom. The second-order valence-electron chi connectivity index (χ2n) is 10.8. The highest BCUT2D eigenvalue weighted by Crippen LogP contribution is 2.37. The van der Waals surface area contributed by atoms with Crippen LogP contribution in [0.25, 0.3) is 10.9 Å². The van der Waals surface area contributed by atoms with Crippen molar-refractivity contribution >= 4 is 46.1 Å². The van der Waals surface area contributed by atoms with E-state index in [1.807, 2.05) is 49.4 Å². The number of anilines is 4. The fourth-order valence-electron chi connectivity index (χ4n) is 5.74. The number of rotatable bonds is 7. The largest absolute Gasteiger partial charge is 0.465 e. The van der Waals surface area contributed by atoms with Gasteiger partial charge in [-0.3, -0.25) is 9.59 Å². The molecule has 0 bridgehead atoms. The highest BCUT2D eigenvalue weighted by atomic mass is 16.5. The van der Waals surface area contributed by atoms with Gasteiger partial charge < -0.3 is 25.2 Å². The van der Waals surface area contributed by atoms with Crippen molar-refractivity contribution in [2.45, 2.75) is 44.4 Å². The molecule has 6 rings (SSSR count). The van der Waals surface area contributed by atoms with Crippen LogP contribution < -0.4 is 20.4 Å². The highest BCUT2D eigenvalue weighted by molar-refractivity contribution is 5.94. The minimum Gasteiger partial charge on any atom is -0.465 e. The van der Waals surface area contributed by atoms with E-state index in [4.69, 9.17) is 14.7 Å². The SMILES string of the molecule is CCOC(=O)[C@@]1(c2cc3cnc(Nc4ccc(N5CCNCCC5=O)cn4)nc3c(N3CCCCC3)n2)C=CC=CC1. The molecule has 0 aromatic carbocycles. The van der Waals surface area contributed by atoms with Crippen LogP contribution in [0, 0.1) is 0 Å². The molecule has 2 N–H and O–H groups in total. The first-order valence-electron chi connectivity index (χ1n) is 14.8. The lowest BCUT2D eigenvalue weighted by molar-refractivity contribution is -0.148. The number of nitrogens with one attached hydrogen (secondary N) is 2. The summed E-state index contributed by atoms with van der Waals surface area (Å²) >= 11 is 0. The third kappa shape index (κ3) is 5.56. The van der Waals surface area contributed by atoms with Crippen molar-refractivity contribution in [3.63, 3.8) is 0 Å². The zero-order valence-corrected chi connectivity index (χ0v) is 23.9. The summed E-state index contributed by atoms with van der Waals surface area (Å²) < 4.78 is 5.53. The van der Waals surface area contributed by atoms with Crippen LogP contribution in [-0.4, -0.2) is 71.1 Å². The number of carbonyl (C=O) groups is 2.